The number of aliphatic hydroxyl groups excluding tert-OH is 5. The normalized spacial score (nSPS) is 24.5. The highest BCUT2D eigenvalue weighted by Gasteiger charge is 2.65. The van der Waals surface area contributed by atoms with Gasteiger partial charge in [-0.05, 0) is 107 Å². The van der Waals surface area contributed by atoms with E-state index in [1.807, 2.05) is 35.7 Å². The predicted molar refractivity (Wildman–Crippen MR) is 445 cm³/mol. The lowest BCUT2D eigenvalue weighted by Crippen LogP contribution is -2.63. The number of carbonyl (C=O) groups is 10. The lowest BCUT2D eigenvalue weighted by molar-refractivity contribution is -0.277. The first-order valence-electron chi connectivity index (χ1n) is 40.4. The highest BCUT2D eigenvalue weighted by molar-refractivity contribution is 7.85. The Bertz CT molecular complexity index is 4620. The summed E-state index contributed by atoms with van der Waals surface area (Å²) < 4.78 is 87.1. The van der Waals surface area contributed by atoms with Gasteiger partial charge in [0.15, 0.2) is 5.72 Å². The average molecular weight is 1790 g/mol. The molecule has 0 saturated carbocycles. The number of aliphatic hydroxyl groups is 6. The maximum Gasteiger partial charge on any atom is 0.409 e. The molecule has 41 nitrogen and oxygen atoms in total. The number of aryl methyl sites for hydroxylation is 1. The minimum atomic E-state index is -4.72. The van der Waals surface area contributed by atoms with Crippen LogP contribution in [0.4, 0.5) is 21.0 Å². The van der Waals surface area contributed by atoms with E-state index in [9.17, 15) is 91.6 Å². The van der Waals surface area contributed by atoms with E-state index in [0.29, 0.717) is 24.2 Å². The van der Waals surface area contributed by atoms with Crippen LogP contribution in [-0.2, 0) is 108 Å². The zero-order valence-electron chi connectivity index (χ0n) is 71.5. The number of benzene rings is 2. The monoisotopic (exact) mass is 1790 g/mol. The summed E-state index contributed by atoms with van der Waals surface area (Å²) in [5.74, 6) is -8.10. The Morgan fingerprint density at radius 3 is 2.27 bits per heavy atom. The fourth-order valence-electron chi connectivity index (χ4n) is 14.1. The number of methoxy groups -OCH3 is 1. The summed E-state index contributed by atoms with van der Waals surface area (Å²) >= 11 is 6.83. The van der Waals surface area contributed by atoms with Crippen molar-refractivity contribution in [3.05, 3.63) is 100 Å². The van der Waals surface area contributed by atoms with Crippen molar-refractivity contribution in [3.8, 4) is 11.5 Å². The van der Waals surface area contributed by atoms with E-state index >= 15 is 0 Å². The SMILES string of the molecule is CNN(C)Cc1cc2cccnc2n1CCC(=O)N[C@@H](CS(=O)(=O)O)C(=O)NCCOCCOCCC(=O)N[C@H](C(=O)N[C@@H](C)C(=O)Nc1ccc(COC(=O)N(C)CCCC(=O)N(C)[C@@H](C)C(=O)O[C@H]2CC(=O)N(C)c3cc(cc(OC)c3Cl)C/C(C)=C/C=C/[C@@H](O)[C@@]3(O)C[C@H](OC(=O)N3)[C@@H](C)C3O[C@]32C)cc1O[C@@H]1O[C@H](CO)[C@@H](O)[C@H](O)[C@@H]1O)C(C)C. The van der Waals surface area contributed by atoms with Crippen molar-refractivity contribution in [1.82, 2.24) is 56.4 Å². The van der Waals surface area contributed by atoms with Crippen LogP contribution in [0.5, 0.6) is 11.5 Å². The molecule has 16 atom stereocenters. The van der Waals surface area contributed by atoms with E-state index in [1.54, 1.807) is 65.2 Å². The highest BCUT2D eigenvalue weighted by Crippen LogP contribution is 2.49. The number of allylic oxidation sites excluding steroid dienone is 3. The summed E-state index contributed by atoms with van der Waals surface area (Å²) in [6.45, 7) is 10.1. The standard InChI is InChI=1S/C81H116ClN13O28S/c1-44(2)67(89-63(99)24-29-116-31-32-117-30-26-85-74(106)54(43-124(112,113)114)87-62(98)23-28-95-52(40-92(10)83-8)37-51-18-15-25-84-72(51)95)75(107)86-47(5)73(105)88-53-22-21-49(35-56(53)119-77-70(104)69(103)68(102)59(41-96)120-77)42-118-79(110)91(9)27-16-20-64(100)93(11)48(6)76(108)122-61-38-65(101)94(12)55-34-50(36-57(115-13)66(55)82)33-45(3)17-14-19-60(97)81(111)39-58(121-78(109)90-81)46(4)71-80(61,7)123-71/h14-15,17-19,21-22,25,34-37,44,46-48,54,58-61,67-71,77,83,96-97,102-104,111H,16,20,23-24,26-33,38-43H2,1-13H3,(H,85,106)(H,86,107)(H,87,98)(H,88,105)(H,89,99)(H,90,109)(H,112,113,114)/b19-14+,45-17+/t46-,47+,48+,54+,58+,59-,60-,61+,67+,68-,69+,70+,71?,77-,80+,81+/m1/s1. The number of nitrogens with zero attached hydrogens (tertiary/aromatic N) is 6. The first kappa shape index (κ1) is 99.7. The van der Waals surface area contributed by atoms with Crippen molar-refractivity contribution < 1.29 is 134 Å². The summed E-state index contributed by atoms with van der Waals surface area (Å²) in [7, 11) is 4.54. The van der Waals surface area contributed by atoms with E-state index < -0.39 is 197 Å². The molecule has 4 bridgehead atoms. The second kappa shape index (κ2) is 44.9. The summed E-state index contributed by atoms with van der Waals surface area (Å²) in [5, 5.41) is 82.7. The predicted octanol–water partition coefficient (Wildman–Crippen LogP) is 0.590. The van der Waals surface area contributed by atoms with Gasteiger partial charge in [-0.25, -0.2) is 24.4 Å². The minimum absolute atomic E-state index is 0.0115. The fraction of sp³-hybridized carbons (Fsp3) is 0.593. The van der Waals surface area contributed by atoms with Crippen LogP contribution in [0, 0.1) is 11.8 Å². The number of aromatic nitrogens is 2. The van der Waals surface area contributed by atoms with Gasteiger partial charge in [0.05, 0.1) is 70.6 Å². The summed E-state index contributed by atoms with van der Waals surface area (Å²) in [5.41, 5.74) is 2.72. The van der Waals surface area contributed by atoms with Crippen molar-refractivity contribution in [2.24, 2.45) is 11.8 Å². The molecule has 4 aromatic rings. The van der Waals surface area contributed by atoms with Gasteiger partial charge in [-0.2, -0.15) is 8.42 Å². The van der Waals surface area contributed by atoms with Crippen molar-refractivity contribution in [3.63, 3.8) is 0 Å². The van der Waals surface area contributed by atoms with Gasteiger partial charge in [0, 0.05) is 96.7 Å². The topological polar surface area (TPSA) is 548 Å². The maximum absolute atomic E-state index is 14.5. The summed E-state index contributed by atoms with van der Waals surface area (Å²) in [4.78, 5) is 144. The number of ether oxygens (including phenoxy) is 9. The number of hydrogen-bond acceptors (Lipinski definition) is 30. The van der Waals surface area contributed by atoms with Gasteiger partial charge in [0.25, 0.3) is 10.1 Å². The van der Waals surface area contributed by atoms with Crippen LogP contribution in [0.3, 0.4) is 0 Å². The number of halogens is 1. The third-order valence-electron chi connectivity index (χ3n) is 21.8. The smallest absolute Gasteiger partial charge is 0.409 e. The molecule has 2 aromatic carbocycles. The van der Waals surface area contributed by atoms with Gasteiger partial charge in [-0.15, -0.1) is 0 Å². The Labute approximate surface area is 722 Å². The molecule has 0 spiro atoms. The lowest BCUT2D eigenvalue weighted by Gasteiger charge is -2.41. The van der Waals surface area contributed by atoms with E-state index in [1.165, 1.54) is 82.3 Å². The summed E-state index contributed by atoms with van der Waals surface area (Å²) in [6.07, 6.45) is -10.3. The molecule has 3 fully saturated rings. The van der Waals surface area contributed by atoms with Gasteiger partial charge in [-0.1, -0.05) is 62.2 Å². The molecule has 8 rings (SSSR count). The molecule has 4 aliphatic rings. The number of hydrogen-bond donors (Lipinski definition) is 14. The number of hydrazine groups is 1. The molecule has 1 unspecified atom stereocenters. The van der Waals surface area contributed by atoms with E-state index in [-0.39, 0.29) is 112 Å². The molecule has 124 heavy (non-hydrogen) atoms. The fourth-order valence-corrected chi connectivity index (χ4v) is 15.0. The van der Waals surface area contributed by atoms with Crippen molar-refractivity contribution in [2.45, 2.75) is 204 Å². The third-order valence-corrected chi connectivity index (χ3v) is 22.9. The summed E-state index contributed by atoms with van der Waals surface area (Å²) in [6, 6.07) is 7.64. The number of nitrogens with one attached hydrogen (secondary N) is 7. The van der Waals surface area contributed by atoms with Crippen LogP contribution in [0.15, 0.2) is 78.5 Å². The second-order valence-electron chi connectivity index (χ2n) is 31.6. The molecular weight excluding hydrogens is 1670 g/mol. The molecule has 4 aliphatic heterocycles. The Hall–Kier alpha value is -9.77. The number of likely N-dealkylation sites (N-methyl/N-ethyl adjacent to an activating group) is 1. The third kappa shape index (κ3) is 27.1. The Balaban J connectivity index is 0.803. The number of esters is 1. The molecule has 6 heterocycles. The first-order chi connectivity index (χ1) is 58.5. The Morgan fingerprint density at radius 1 is 0.871 bits per heavy atom. The second-order valence-corrected chi connectivity index (χ2v) is 33.5. The van der Waals surface area contributed by atoms with Crippen molar-refractivity contribution >= 4 is 104 Å². The zero-order chi connectivity index (χ0) is 91.4. The number of epoxide rings is 1. The number of fused-ring (bicyclic) bond motifs is 6. The number of alkyl carbamates (subject to hydrolysis) is 1. The van der Waals surface area contributed by atoms with E-state index in [4.69, 9.17) is 54.2 Å². The Kier molecular flexibility index (Phi) is 36.1. The molecule has 3 saturated heterocycles. The van der Waals surface area contributed by atoms with E-state index in [0.717, 1.165) is 21.6 Å². The molecule has 686 valence electrons. The molecule has 9 amide bonds. The van der Waals surface area contributed by atoms with Crippen molar-refractivity contribution in [1.29, 1.82) is 0 Å². The zero-order valence-corrected chi connectivity index (χ0v) is 73.1. The van der Waals surface area contributed by atoms with Gasteiger partial charge < -0.3 is 119 Å². The number of pyridine rings is 1. The van der Waals surface area contributed by atoms with Gasteiger partial charge in [0.2, 0.25) is 47.6 Å². The average Bonchev–Trinajstić information content (AvgIpc) is 1.57. The molecule has 43 heteroatoms. The van der Waals surface area contributed by atoms with Gasteiger partial charge in [0.1, 0.15) is 107 Å². The van der Waals surface area contributed by atoms with Crippen LogP contribution < -0.4 is 51.7 Å². The number of anilines is 2. The van der Waals surface area contributed by atoms with E-state index in [2.05, 4.69) is 42.3 Å². The van der Waals surface area contributed by atoms with Crippen LogP contribution in [0.25, 0.3) is 11.0 Å². The van der Waals surface area contributed by atoms with Crippen LogP contribution in [-0.4, -0.2) is 312 Å². The highest BCUT2D eigenvalue weighted by atomic mass is 35.5. The first-order valence-corrected chi connectivity index (χ1v) is 42.4. The van der Waals surface area contributed by atoms with Crippen LogP contribution >= 0.6 is 11.6 Å². The van der Waals surface area contributed by atoms with Crippen molar-refractivity contribution in [2.75, 3.05) is 104 Å². The largest absolute Gasteiger partial charge is 0.495 e. The molecule has 14 N–H and O–H groups in total. The lowest BCUT2D eigenvalue weighted by atomic mass is 9.83. The maximum atomic E-state index is 14.5. The number of carbonyl (C=O) groups excluding carboxylic acids is 10. The molecule has 0 aliphatic carbocycles. The molecule has 2 aromatic heterocycles. The van der Waals surface area contributed by atoms with Gasteiger partial charge in [-0.3, -0.25) is 48.9 Å². The molecule has 0 radical (unpaired) electrons. The molecular formula is C81H116ClN13O28S. The van der Waals surface area contributed by atoms with Crippen LogP contribution in [0.1, 0.15) is 104 Å². The minimum Gasteiger partial charge on any atom is -0.495 e. The van der Waals surface area contributed by atoms with Gasteiger partial charge >= 0.3 is 18.2 Å². The number of rotatable bonds is 38. The van der Waals surface area contributed by atoms with Crippen LogP contribution in [0.2, 0.25) is 5.02 Å². The number of amides is 9. The quantitative estimate of drug-likeness (QED) is 0.00729. The Morgan fingerprint density at radius 2 is 1.58 bits per heavy atom.